The summed E-state index contributed by atoms with van der Waals surface area (Å²) in [5.74, 6) is -0.482. The van der Waals surface area contributed by atoms with Gasteiger partial charge in [0, 0.05) is 6.54 Å². The molecule has 6 heteroatoms. The number of hydrogen-bond acceptors (Lipinski definition) is 5. The first-order valence-electron chi connectivity index (χ1n) is 8.05. The molecule has 0 unspecified atom stereocenters. The first-order valence-corrected chi connectivity index (χ1v) is 8.05. The normalized spacial score (nSPS) is 10.4. The first-order chi connectivity index (χ1) is 13.1. The van der Waals surface area contributed by atoms with Crippen LogP contribution in [0.4, 0.5) is 0 Å². The third kappa shape index (κ3) is 5.31. The fourth-order valence-electron chi connectivity index (χ4n) is 2.17. The average molecular weight is 362 g/mol. The molecule has 0 spiro atoms. The van der Waals surface area contributed by atoms with Gasteiger partial charge in [0.2, 0.25) is 0 Å². The number of carbonyl (C=O) groups excluding carboxylic acids is 2. The van der Waals surface area contributed by atoms with E-state index in [2.05, 4.69) is 11.9 Å². The van der Waals surface area contributed by atoms with Crippen molar-refractivity contribution in [1.82, 2.24) is 5.32 Å². The molecule has 136 valence electrons. The summed E-state index contributed by atoms with van der Waals surface area (Å²) in [5, 5.41) is 11.7. The molecule has 0 aromatic heterocycles. The fraction of sp³-hybridized carbons (Fsp3) is 0.0952. The number of methoxy groups -OCH3 is 1. The summed E-state index contributed by atoms with van der Waals surface area (Å²) >= 11 is 0. The van der Waals surface area contributed by atoms with E-state index in [-0.39, 0.29) is 17.9 Å². The molecule has 2 rings (SSSR count). The zero-order chi connectivity index (χ0) is 19.6. The lowest BCUT2D eigenvalue weighted by molar-refractivity contribution is -0.116. The second-order valence-corrected chi connectivity index (χ2v) is 5.33. The lowest BCUT2D eigenvalue weighted by Gasteiger charge is -2.10. The molecule has 6 nitrogen and oxygen atoms in total. The molecule has 2 aromatic carbocycles. The van der Waals surface area contributed by atoms with Gasteiger partial charge in [-0.15, -0.1) is 6.58 Å². The lowest BCUT2D eigenvalue weighted by atomic mass is 10.1. The molecule has 0 saturated heterocycles. The quantitative estimate of drug-likeness (QED) is 0.269. The van der Waals surface area contributed by atoms with Crippen molar-refractivity contribution in [3.63, 3.8) is 0 Å². The molecular formula is C21H18N2O4. The van der Waals surface area contributed by atoms with Crippen LogP contribution in [0.25, 0.3) is 6.08 Å². The number of hydrogen-bond donors (Lipinski definition) is 1. The highest BCUT2D eigenvalue weighted by atomic mass is 16.6. The van der Waals surface area contributed by atoms with Crippen LogP contribution in [-0.4, -0.2) is 25.5 Å². The number of esters is 1. The van der Waals surface area contributed by atoms with E-state index in [9.17, 15) is 14.9 Å². The van der Waals surface area contributed by atoms with Crippen LogP contribution in [0.15, 0.2) is 66.8 Å². The highest BCUT2D eigenvalue weighted by Gasteiger charge is 2.13. The van der Waals surface area contributed by atoms with E-state index >= 15 is 0 Å². The lowest BCUT2D eigenvalue weighted by Crippen LogP contribution is -2.24. The number of nitrogens with zero attached hydrogens (tertiary/aromatic N) is 1. The second kappa shape index (κ2) is 9.59. The van der Waals surface area contributed by atoms with Crippen molar-refractivity contribution in [3.8, 4) is 17.6 Å². The largest absolute Gasteiger partial charge is 0.493 e. The number of benzene rings is 2. The smallest absolute Gasteiger partial charge is 0.343 e. The van der Waals surface area contributed by atoms with Crippen LogP contribution >= 0.6 is 0 Å². The van der Waals surface area contributed by atoms with E-state index in [1.54, 1.807) is 48.5 Å². The standard InChI is InChI=1S/C21H18N2O4/c1-3-11-23-20(24)17(14-22)12-15-9-10-18(19(13-15)26-2)27-21(25)16-7-5-4-6-8-16/h3-10,12-13H,1,11H2,2H3,(H,23,24). The predicted molar refractivity (Wildman–Crippen MR) is 101 cm³/mol. The molecule has 1 N–H and O–H groups in total. The topological polar surface area (TPSA) is 88.4 Å². The summed E-state index contributed by atoms with van der Waals surface area (Å²) < 4.78 is 10.6. The molecule has 0 aliphatic carbocycles. The number of ether oxygens (including phenoxy) is 2. The van der Waals surface area contributed by atoms with Gasteiger partial charge in [0.15, 0.2) is 11.5 Å². The molecule has 0 aliphatic heterocycles. The van der Waals surface area contributed by atoms with Gasteiger partial charge < -0.3 is 14.8 Å². The molecule has 0 fully saturated rings. The van der Waals surface area contributed by atoms with Crippen LogP contribution in [0.1, 0.15) is 15.9 Å². The molecular weight excluding hydrogens is 344 g/mol. The van der Waals surface area contributed by atoms with Gasteiger partial charge in [-0.05, 0) is 35.9 Å². The van der Waals surface area contributed by atoms with Gasteiger partial charge in [-0.3, -0.25) is 4.79 Å². The number of amides is 1. The Morgan fingerprint density at radius 2 is 1.93 bits per heavy atom. The average Bonchev–Trinajstić information content (AvgIpc) is 2.71. The van der Waals surface area contributed by atoms with E-state index in [1.807, 2.05) is 6.07 Å². The third-order valence-corrected chi connectivity index (χ3v) is 3.48. The molecule has 0 saturated carbocycles. The summed E-state index contributed by atoms with van der Waals surface area (Å²) in [6.07, 6.45) is 2.94. The monoisotopic (exact) mass is 362 g/mol. The first kappa shape index (κ1) is 19.5. The van der Waals surface area contributed by atoms with Crippen molar-refractivity contribution < 1.29 is 19.1 Å². The summed E-state index contributed by atoms with van der Waals surface area (Å²) in [5.41, 5.74) is 0.902. The van der Waals surface area contributed by atoms with Crippen molar-refractivity contribution >= 4 is 18.0 Å². The summed E-state index contributed by atoms with van der Waals surface area (Å²) in [4.78, 5) is 24.1. The van der Waals surface area contributed by atoms with Gasteiger partial charge in [-0.1, -0.05) is 30.3 Å². The molecule has 2 aromatic rings. The fourth-order valence-corrected chi connectivity index (χ4v) is 2.17. The van der Waals surface area contributed by atoms with Gasteiger partial charge in [0.1, 0.15) is 11.6 Å². The van der Waals surface area contributed by atoms with E-state index in [1.165, 1.54) is 19.3 Å². The minimum atomic E-state index is -0.515. The molecule has 1 amide bonds. The Morgan fingerprint density at radius 3 is 2.56 bits per heavy atom. The van der Waals surface area contributed by atoms with Crippen molar-refractivity contribution in [2.75, 3.05) is 13.7 Å². The van der Waals surface area contributed by atoms with Crippen molar-refractivity contribution in [1.29, 1.82) is 5.26 Å². The Balaban J connectivity index is 2.24. The SMILES string of the molecule is C=CCNC(=O)C(C#N)=Cc1ccc(OC(=O)c2ccccc2)c(OC)c1. The highest BCUT2D eigenvalue weighted by molar-refractivity contribution is 6.01. The zero-order valence-corrected chi connectivity index (χ0v) is 14.8. The van der Waals surface area contributed by atoms with Crippen molar-refractivity contribution in [3.05, 3.63) is 77.9 Å². The molecule has 0 aliphatic rings. The van der Waals surface area contributed by atoms with Gasteiger partial charge in [0.05, 0.1) is 12.7 Å². The maximum atomic E-state index is 12.2. The van der Waals surface area contributed by atoms with E-state index in [0.717, 1.165) is 0 Å². The minimum absolute atomic E-state index is 0.0621. The van der Waals surface area contributed by atoms with Gasteiger partial charge in [-0.25, -0.2) is 4.79 Å². The minimum Gasteiger partial charge on any atom is -0.493 e. The Kier molecular flexibility index (Phi) is 6.91. The number of nitrogens with one attached hydrogen (secondary N) is 1. The Bertz CT molecular complexity index is 912. The number of carbonyl (C=O) groups is 2. The second-order valence-electron chi connectivity index (χ2n) is 5.33. The van der Waals surface area contributed by atoms with E-state index in [4.69, 9.17) is 9.47 Å². The van der Waals surface area contributed by atoms with Crippen LogP contribution in [0.3, 0.4) is 0 Å². The summed E-state index contributed by atoms with van der Waals surface area (Å²) in [6, 6.07) is 15.2. The molecule has 0 heterocycles. The van der Waals surface area contributed by atoms with Gasteiger partial charge in [-0.2, -0.15) is 5.26 Å². The Labute approximate surface area is 157 Å². The third-order valence-electron chi connectivity index (χ3n) is 3.48. The maximum Gasteiger partial charge on any atom is 0.343 e. The van der Waals surface area contributed by atoms with Gasteiger partial charge in [0.25, 0.3) is 5.91 Å². The highest BCUT2D eigenvalue weighted by Crippen LogP contribution is 2.29. The van der Waals surface area contributed by atoms with Crippen molar-refractivity contribution in [2.24, 2.45) is 0 Å². The van der Waals surface area contributed by atoms with Gasteiger partial charge >= 0.3 is 5.97 Å². The van der Waals surface area contributed by atoms with Crippen molar-refractivity contribution in [2.45, 2.75) is 0 Å². The zero-order valence-electron chi connectivity index (χ0n) is 14.8. The van der Waals surface area contributed by atoms with Crippen LogP contribution in [0.2, 0.25) is 0 Å². The number of rotatable bonds is 7. The Hall–Kier alpha value is -3.85. The van der Waals surface area contributed by atoms with Crippen LogP contribution < -0.4 is 14.8 Å². The Morgan fingerprint density at radius 1 is 1.19 bits per heavy atom. The summed E-state index contributed by atoms with van der Waals surface area (Å²) in [7, 11) is 1.44. The predicted octanol–water partition coefficient (Wildman–Crippen LogP) is 3.12. The molecule has 0 bridgehead atoms. The van der Waals surface area contributed by atoms with Crippen LogP contribution in [0, 0.1) is 11.3 Å². The molecule has 0 radical (unpaired) electrons. The van der Waals surface area contributed by atoms with E-state index < -0.39 is 11.9 Å². The van der Waals surface area contributed by atoms with Crippen LogP contribution in [0.5, 0.6) is 11.5 Å². The summed E-state index contributed by atoms with van der Waals surface area (Å²) in [6.45, 7) is 3.76. The molecule has 27 heavy (non-hydrogen) atoms. The number of nitriles is 1. The van der Waals surface area contributed by atoms with E-state index in [0.29, 0.717) is 16.9 Å². The molecule has 0 atom stereocenters. The maximum absolute atomic E-state index is 12.2. The van der Waals surface area contributed by atoms with Crippen LogP contribution in [-0.2, 0) is 4.79 Å².